The minimum Gasteiger partial charge on any atom is -0.480 e. The van der Waals surface area contributed by atoms with Gasteiger partial charge in [-0.2, -0.15) is 0 Å². The number of carbonyl (C=O) groups is 4. The Morgan fingerprint density at radius 3 is 2.14 bits per heavy atom. The van der Waals surface area contributed by atoms with E-state index in [1.807, 2.05) is 31.2 Å². The molecule has 37 heavy (non-hydrogen) atoms. The maximum Gasteiger partial charge on any atom is 0.326 e. The van der Waals surface area contributed by atoms with Crippen molar-refractivity contribution in [3.63, 3.8) is 0 Å². The zero-order chi connectivity index (χ0) is 27.9. The Bertz CT molecular complexity index is 1100. The van der Waals surface area contributed by atoms with Crippen LogP contribution in [0.5, 0.6) is 0 Å². The molecule has 204 valence electrons. The van der Waals surface area contributed by atoms with Crippen LogP contribution >= 0.6 is 0 Å². The van der Waals surface area contributed by atoms with Crippen molar-refractivity contribution in [1.82, 2.24) is 20.9 Å². The number of amides is 3. The molecule has 0 fully saturated rings. The molecule has 0 aliphatic carbocycles. The maximum absolute atomic E-state index is 13.3. The molecule has 6 atom stereocenters. The lowest BCUT2D eigenvalue weighted by Gasteiger charge is -2.28. The van der Waals surface area contributed by atoms with E-state index in [1.165, 1.54) is 6.92 Å². The minimum atomic E-state index is -1.23. The standard InChI is InChI=1S/C26H39N5O6/c1-6-14(4)22(26(36)37)31-23(33)19(11-16-12-28-18-10-8-7-9-17(16)18)29-25(35)21(13(2)3)30-24(34)20(27)15(5)32/h7-10,12-15,19-22,28,32H,6,11,27H2,1-5H3,(H,29,35)(H,30,34)(H,31,33)(H,36,37). The van der Waals surface area contributed by atoms with Crippen LogP contribution in [-0.2, 0) is 25.6 Å². The van der Waals surface area contributed by atoms with Crippen molar-refractivity contribution in [2.24, 2.45) is 17.6 Å². The Morgan fingerprint density at radius 2 is 1.57 bits per heavy atom. The summed E-state index contributed by atoms with van der Waals surface area (Å²) in [7, 11) is 0. The number of nitrogens with two attached hydrogens (primary N) is 1. The van der Waals surface area contributed by atoms with Crippen LogP contribution in [0.3, 0.4) is 0 Å². The van der Waals surface area contributed by atoms with Gasteiger partial charge in [-0.05, 0) is 30.4 Å². The molecule has 0 bridgehead atoms. The topological polar surface area (TPSA) is 187 Å². The summed E-state index contributed by atoms with van der Waals surface area (Å²) >= 11 is 0. The first-order chi connectivity index (χ1) is 17.4. The largest absolute Gasteiger partial charge is 0.480 e. The van der Waals surface area contributed by atoms with Gasteiger partial charge < -0.3 is 36.9 Å². The molecule has 1 heterocycles. The van der Waals surface area contributed by atoms with Gasteiger partial charge in [-0.3, -0.25) is 14.4 Å². The third-order valence-electron chi connectivity index (χ3n) is 6.58. The zero-order valence-corrected chi connectivity index (χ0v) is 21.9. The fourth-order valence-corrected chi connectivity index (χ4v) is 3.93. The van der Waals surface area contributed by atoms with Gasteiger partial charge in [0.1, 0.15) is 24.2 Å². The number of carboxylic acids is 1. The smallest absolute Gasteiger partial charge is 0.326 e. The molecule has 1 aromatic carbocycles. The molecule has 2 aromatic rings. The van der Waals surface area contributed by atoms with E-state index < -0.39 is 54.0 Å². The number of benzene rings is 1. The van der Waals surface area contributed by atoms with Gasteiger partial charge in [0.25, 0.3) is 0 Å². The number of carbonyl (C=O) groups excluding carboxylic acids is 3. The summed E-state index contributed by atoms with van der Waals surface area (Å²) in [6.45, 7) is 8.35. The first-order valence-corrected chi connectivity index (χ1v) is 12.5. The lowest BCUT2D eigenvalue weighted by atomic mass is 9.97. The molecule has 0 saturated carbocycles. The third kappa shape index (κ3) is 7.77. The van der Waals surface area contributed by atoms with Crippen LogP contribution in [0.25, 0.3) is 10.9 Å². The fourth-order valence-electron chi connectivity index (χ4n) is 3.93. The summed E-state index contributed by atoms with van der Waals surface area (Å²) in [5.41, 5.74) is 7.32. The average molecular weight is 518 g/mol. The highest BCUT2D eigenvalue weighted by atomic mass is 16.4. The van der Waals surface area contributed by atoms with Crippen molar-refractivity contribution in [3.8, 4) is 0 Å². The summed E-state index contributed by atoms with van der Waals surface area (Å²) in [5, 5.41) is 28.0. The molecule has 0 radical (unpaired) electrons. The van der Waals surface area contributed by atoms with E-state index >= 15 is 0 Å². The first kappa shape index (κ1) is 29.8. The Morgan fingerprint density at radius 1 is 0.946 bits per heavy atom. The van der Waals surface area contributed by atoms with E-state index in [0.29, 0.717) is 6.42 Å². The quantitative estimate of drug-likeness (QED) is 0.203. The highest BCUT2D eigenvalue weighted by Crippen LogP contribution is 2.20. The lowest BCUT2D eigenvalue weighted by Crippen LogP contribution is -2.60. The summed E-state index contributed by atoms with van der Waals surface area (Å²) in [6.07, 6.45) is 1.23. The molecule has 11 nitrogen and oxygen atoms in total. The van der Waals surface area contributed by atoms with Crippen molar-refractivity contribution < 1.29 is 29.4 Å². The van der Waals surface area contributed by atoms with E-state index in [9.17, 15) is 29.4 Å². The van der Waals surface area contributed by atoms with Gasteiger partial charge in [-0.1, -0.05) is 52.3 Å². The van der Waals surface area contributed by atoms with Crippen LogP contribution in [0.1, 0.15) is 46.6 Å². The number of aliphatic carboxylic acids is 1. The van der Waals surface area contributed by atoms with Crippen LogP contribution in [0.15, 0.2) is 30.5 Å². The predicted octanol–water partition coefficient (Wildman–Crippen LogP) is 0.660. The van der Waals surface area contributed by atoms with Gasteiger partial charge in [0, 0.05) is 23.5 Å². The molecule has 3 amide bonds. The summed E-state index contributed by atoms with van der Waals surface area (Å²) in [6, 6.07) is 2.95. The molecular formula is C26H39N5O6. The molecule has 11 heteroatoms. The van der Waals surface area contributed by atoms with Crippen LogP contribution in [0.4, 0.5) is 0 Å². The predicted molar refractivity (Wildman–Crippen MR) is 139 cm³/mol. The molecule has 1 aromatic heterocycles. The van der Waals surface area contributed by atoms with Gasteiger partial charge >= 0.3 is 5.97 Å². The van der Waals surface area contributed by atoms with E-state index in [1.54, 1.807) is 27.0 Å². The Kier molecular flexibility index (Phi) is 10.6. The van der Waals surface area contributed by atoms with E-state index in [4.69, 9.17) is 5.73 Å². The SMILES string of the molecule is CCC(C)C(NC(=O)C(Cc1c[nH]c2ccccc12)NC(=O)C(NC(=O)C(N)C(C)O)C(C)C)C(=O)O. The molecule has 0 saturated heterocycles. The van der Waals surface area contributed by atoms with Crippen molar-refractivity contribution in [3.05, 3.63) is 36.0 Å². The molecular weight excluding hydrogens is 478 g/mol. The molecule has 0 spiro atoms. The second-order valence-corrected chi connectivity index (χ2v) is 9.83. The van der Waals surface area contributed by atoms with Crippen LogP contribution in [0, 0.1) is 11.8 Å². The van der Waals surface area contributed by atoms with Gasteiger partial charge in [-0.15, -0.1) is 0 Å². The minimum absolute atomic E-state index is 0.0837. The van der Waals surface area contributed by atoms with Gasteiger partial charge in [0.05, 0.1) is 6.10 Å². The average Bonchev–Trinajstić information content (AvgIpc) is 3.26. The highest BCUT2D eigenvalue weighted by Gasteiger charge is 2.33. The number of aromatic nitrogens is 1. The normalized spacial score (nSPS) is 16.3. The monoisotopic (exact) mass is 517 g/mol. The molecule has 0 aliphatic heterocycles. The van der Waals surface area contributed by atoms with E-state index in [-0.39, 0.29) is 18.3 Å². The van der Waals surface area contributed by atoms with Crippen LogP contribution in [-0.4, -0.2) is 69.2 Å². The van der Waals surface area contributed by atoms with Crippen molar-refractivity contribution in [2.45, 2.75) is 77.7 Å². The van der Waals surface area contributed by atoms with Gasteiger partial charge in [0.2, 0.25) is 17.7 Å². The Hall–Kier alpha value is -3.44. The summed E-state index contributed by atoms with van der Waals surface area (Å²) in [5.74, 6) is -3.86. The second-order valence-electron chi connectivity index (χ2n) is 9.83. The fraction of sp³-hybridized carbons (Fsp3) is 0.538. The van der Waals surface area contributed by atoms with Crippen molar-refractivity contribution >= 4 is 34.6 Å². The zero-order valence-electron chi connectivity index (χ0n) is 21.9. The van der Waals surface area contributed by atoms with Gasteiger partial charge in [-0.25, -0.2) is 4.79 Å². The van der Waals surface area contributed by atoms with Crippen LogP contribution < -0.4 is 21.7 Å². The number of nitrogens with one attached hydrogen (secondary N) is 4. The van der Waals surface area contributed by atoms with Crippen molar-refractivity contribution in [1.29, 1.82) is 0 Å². The van der Waals surface area contributed by atoms with Crippen molar-refractivity contribution in [2.75, 3.05) is 0 Å². The second kappa shape index (κ2) is 13.2. The number of rotatable bonds is 13. The molecule has 2 rings (SSSR count). The molecule has 6 unspecified atom stereocenters. The number of fused-ring (bicyclic) bond motifs is 1. The number of para-hydroxylation sites is 1. The van der Waals surface area contributed by atoms with Crippen LogP contribution in [0.2, 0.25) is 0 Å². The van der Waals surface area contributed by atoms with E-state index in [0.717, 1.165) is 16.5 Å². The molecule has 8 N–H and O–H groups in total. The number of aromatic amines is 1. The highest BCUT2D eigenvalue weighted by molar-refractivity contribution is 5.95. The Balaban J connectivity index is 2.34. The number of aliphatic hydroxyl groups excluding tert-OH is 1. The van der Waals surface area contributed by atoms with E-state index in [2.05, 4.69) is 20.9 Å². The number of aliphatic hydroxyl groups is 1. The number of H-pyrrole nitrogens is 1. The maximum atomic E-state index is 13.3. The summed E-state index contributed by atoms with van der Waals surface area (Å²) in [4.78, 5) is 54.0. The lowest BCUT2D eigenvalue weighted by molar-refractivity contribution is -0.144. The third-order valence-corrected chi connectivity index (χ3v) is 6.58. The molecule has 0 aliphatic rings. The van der Waals surface area contributed by atoms with Gasteiger partial charge in [0.15, 0.2) is 0 Å². The number of carboxylic acid groups (broad SMARTS) is 1. The summed E-state index contributed by atoms with van der Waals surface area (Å²) < 4.78 is 0. The Labute approximate surface area is 216 Å². The number of hydrogen-bond donors (Lipinski definition) is 7. The number of hydrogen-bond acceptors (Lipinski definition) is 6. The first-order valence-electron chi connectivity index (χ1n) is 12.5.